The smallest absolute Gasteiger partial charge is 0.305 e. The number of hydrogen-bond acceptors (Lipinski definition) is 4. The van der Waals surface area contributed by atoms with Crippen LogP contribution in [0, 0.1) is 28.6 Å². The third-order valence-electron chi connectivity index (χ3n) is 9.12. The summed E-state index contributed by atoms with van der Waals surface area (Å²) in [6.45, 7) is 8.61. The fraction of sp³-hybridized carbons (Fsp3) is 0.840. The zero-order valence-corrected chi connectivity index (χ0v) is 18.7. The van der Waals surface area contributed by atoms with E-state index in [9.17, 15) is 9.59 Å². The van der Waals surface area contributed by atoms with Crippen LogP contribution in [-0.2, 0) is 19.1 Å². The Morgan fingerprint density at radius 2 is 1.69 bits per heavy atom. The van der Waals surface area contributed by atoms with Gasteiger partial charge in [-0.1, -0.05) is 39.3 Å². The first-order chi connectivity index (χ1) is 13.8. The van der Waals surface area contributed by atoms with E-state index < -0.39 is 0 Å². The Balaban J connectivity index is 1.51. The number of esters is 2. The van der Waals surface area contributed by atoms with E-state index in [0.29, 0.717) is 30.6 Å². The Kier molecular flexibility index (Phi) is 5.59. The zero-order chi connectivity index (χ0) is 20.8. The Morgan fingerprint density at radius 1 is 0.966 bits per heavy atom. The van der Waals surface area contributed by atoms with Gasteiger partial charge >= 0.3 is 11.9 Å². The second-order valence-corrected chi connectivity index (χ2v) is 10.4. The summed E-state index contributed by atoms with van der Waals surface area (Å²) >= 11 is 0. The van der Waals surface area contributed by atoms with Crippen molar-refractivity contribution in [2.75, 3.05) is 0 Å². The van der Waals surface area contributed by atoms with Gasteiger partial charge < -0.3 is 9.47 Å². The van der Waals surface area contributed by atoms with E-state index in [1.54, 1.807) is 0 Å². The number of allylic oxidation sites excluding steroid dienone is 1. The summed E-state index contributed by atoms with van der Waals surface area (Å²) in [5, 5.41) is 0. The van der Waals surface area contributed by atoms with E-state index in [0.717, 1.165) is 38.5 Å². The fourth-order valence-corrected chi connectivity index (χ4v) is 7.38. The lowest BCUT2D eigenvalue weighted by Crippen LogP contribution is -2.51. The fourth-order valence-electron chi connectivity index (χ4n) is 7.38. The van der Waals surface area contributed by atoms with Crippen LogP contribution in [0.4, 0.5) is 0 Å². The number of ether oxygens (including phenoxy) is 2. The summed E-state index contributed by atoms with van der Waals surface area (Å²) in [6.07, 6.45) is 12.4. The van der Waals surface area contributed by atoms with Crippen LogP contribution in [0.3, 0.4) is 0 Å². The van der Waals surface area contributed by atoms with Crippen molar-refractivity contribution in [3.8, 4) is 0 Å². The van der Waals surface area contributed by atoms with Crippen molar-refractivity contribution >= 4 is 11.9 Å². The summed E-state index contributed by atoms with van der Waals surface area (Å²) < 4.78 is 11.6. The van der Waals surface area contributed by atoms with Crippen molar-refractivity contribution < 1.29 is 19.1 Å². The lowest BCUT2D eigenvalue weighted by molar-refractivity contribution is -0.159. The van der Waals surface area contributed by atoms with E-state index in [1.165, 1.54) is 18.4 Å². The van der Waals surface area contributed by atoms with Gasteiger partial charge in [0.05, 0.1) is 0 Å². The molecule has 0 aromatic carbocycles. The molecule has 0 aromatic rings. The molecule has 4 aliphatic rings. The van der Waals surface area contributed by atoms with Crippen LogP contribution in [0.25, 0.3) is 0 Å². The largest absolute Gasteiger partial charge is 0.462 e. The molecule has 0 amide bonds. The van der Waals surface area contributed by atoms with Gasteiger partial charge in [-0.2, -0.15) is 0 Å². The van der Waals surface area contributed by atoms with Crippen molar-refractivity contribution in [2.24, 2.45) is 28.6 Å². The quantitative estimate of drug-likeness (QED) is 0.454. The van der Waals surface area contributed by atoms with Gasteiger partial charge in [-0.05, 0) is 68.1 Å². The number of fused-ring (bicyclic) bond motifs is 5. The third kappa shape index (κ3) is 3.45. The monoisotopic (exact) mass is 402 g/mol. The maximum absolute atomic E-state index is 12.0. The topological polar surface area (TPSA) is 52.6 Å². The van der Waals surface area contributed by atoms with Gasteiger partial charge in [-0.3, -0.25) is 9.59 Å². The molecule has 0 saturated heterocycles. The highest BCUT2D eigenvalue weighted by Gasteiger charge is 2.59. The Labute approximate surface area is 175 Å². The SMILES string of the molecule is CCC(=O)O[C@H]1CC[C@@]2(C)C(=CC[C@H]3[C@H]4CC[C@H](OC(=O)CC)[C@@]4(C)CC[C@H]32)C1. The van der Waals surface area contributed by atoms with Crippen LogP contribution in [-0.4, -0.2) is 24.1 Å². The minimum absolute atomic E-state index is 0.0447. The van der Waals surface area contributed by atoms with Crippen LogP contribution < -0.4 is 0 Å². The molecule has 0 heterocycles. The normalized spacial score (nSPS) is 43.4. The standard InChI is InChI=1S/C25H38O4/c1-5-22(26)28-17-11-13-24(3)16(15-17)7-8-18-19-9-10-21(29-23(27)6-2)25(19,4)14-12-20(18)24/h7,17-21H,5-6,8-15H2,1-4H3/t17-,18-,19+,20+,21-,24-,25-/m0/s1. The molecule has 3 fully saturated rings. The van der Waals surface area contributed by atoms with Gasteiger partial charge in [0.15, 0.2) is 0 Å². The van der Waals surface area contributed by atoms with Crippen LogP contribution in [0.5, 0.6) is 0 Å². The summed E-state index contributed by atoms with van der Waals surface area (Å²) in [7, 11) is 0. The Bertz CT molecular complexity index is 697. The van der Waals surface area contributed by atoms with Gasteiger partial charge in [0.25, 0.3) is 0 Å². The molecule has 4 rings (SSSR count). The van der Waals surface area contributed by atoms with Crippen molar-refractivity contribution in [2.45, 2.75) is 104 Å². The first-order valence-electron chi connectivity index (χ1n) is 11.9. The van der Waals surface area contributed by atoms with Gasteiger partial charge in [0.1, 0.15) is 12.2 Å². The number of hydrogen-bond donors (Lipinski definition) is 0. The van der Waals surface area contributed by atoms with Crippen LogP contribution in [0.2, 0.25) is 0 Å². The molecule has 0 spiro atoms. The summed E-state index contributed by atoms with van der Waals surface area (Å²) in [5.74, 6) is 1.95. The van der Waals surface area contributed by atoms with Gasteiger partial charge in [0, 0.05) is 24.7 Å². The first-order valence-corrected chi connectivity index (χ1v) is 11.9. The average molecular weight is 403 g/mol. The van der Waals surface area contributed by atoms with E-state index in [-0.39, 0.29) is 35.0 Å². The lowest BCUT2D eigenvalue weighted by atomic mass is 9.48. The molecule has 162 valence electrons. The highest BCUT2D eigenvalue weighted by Crippen LogP contribution is 2.65. The predicted octanol–water partition coefficient (Wildman–Crippen LogP) is 5.59. The highest BCUT2D eigenvalue weighted by atomic mass is 16.5. The lowest BCUT2D eigenvalue weighted by Gasteiger charge is -2.57. The average Bonchev–Trinajstić information content (AvgIpc) is 3.04. The summed E-state index contributed by atoms with van der Waals surface area (Å²) in [4.78, 5) is 23.7. The number of carbonyl (C=O) groups excluding carboxylic acids is 2. The minimum Gasteiger partial charge on any atom is -0.462 e. The maximum atomic E-state index is 12.0. The molecule has 4 heteroatoms. The molecule has 0 N–H and O–H groups in total. The van der Waals surface area contributed by atoms with Crippen LogP contribution in [0.1, 0.15) is 91.9 Å². The van der Waals surface area contributed by atoms with Crippen molar-refractivity contribution in [1.29, 1.82) is 0 Å². The summed E-state index contributed by atoms with van der Waals surface area (Å²) in [5.41, 5.74) is 1.92. The van der Waals surface area contributed by atoms with Crippen LogP contribution in [0.15, 0.2) is 11.6 Å². The molecule has 4 aliphatic carbocycles. The van der Waals surface area contributed by atoms with Crippen LogP contribution >= 0.6 is 0 Å². The first kappa shape index (κ1) is 20.9. The molecule has 29 heavy (non-hydrogen) atoms. The maximum Gasteiger partial charge on any atom is 0.305 e. The molecule has 0 radical (unpaired) electrons. The summed E-state index contributed by atoms with van der Waals surface area (Å²) in [6, 6.07) is 0. The third-order valence-corrected chi connectivity index (χ3v) is 9.12. The predicted molar refractivity (Wildman–Crippen MR) is 112 cm³/mol. The van der Waals surface area contributed by atoms with E-state index in [2.05, 4.69) is 19.9 Å². The van der Waals surface area contributed by atoms with Gasteiger partial charge in [-0.15, -0.1) is 0 Å². The van der Waals surface area contributed by atoms with Crippen molar-refractivity contribution in [1.82, 2.24) is 0 Å². The number of carbonyl (C=O) groups is 2. The molecule has 4 nitrogen and oxygen atoms in total. The molecular weight excluding hydrogens is 364 g/mol. The number of rotatable bonds is 4. The van der Waals surface area contributed by atoms with Gasteiger partial charge in [-0.25, -0.2) is 0 Å². The van der Waals surface area contributed by atoms with Crippen molar-refractivity contribution in [3.63, 3.8) is 0 Å². The second kappa shape index (κ2) is 7.74. The highest BCUT2D eigenvalue weighted by molar-refractivity contribution is 5.69. The molecule has 0 unspecified atom stereocenters. The molecule has 0 aromatic heterocycles. The minimum atomic E-state index is -0.0695. The van der Waals surface area contributed by atoms with E-state index in [4.69, 9.17) is 9.47 Å². The van der Waals surface area contributed by atoms with Gasteiger partial charge in [0.2, 0.25) is 0 Å². The molecule has 0 aliphatic heterocycles. The Hall–Kier alpha value is -1.32. The Morgan fingerprint density at radius 3 is 2.41 bits per heavy atom. The molecule has 3 saturated carbocycles. The molecule has 7 atom stereocenters. The molecular formula is C25H38O4. The van der Waals surface area contributed by atoms with E-state index in [1.807, 2.05) is 13.8 Å². The van der Waals surface area contributed by atoms with Crippen molar-refractivity contribution in [3.05, 3.63) is 11.6 Å². The van der Waals surface area contributed by atoms with E-state index >= 15 is 0 Å². The second-order valence-electron chi connectivity index (χ2n) is 10.4. The molecule has 0 bridgehead atoms. The zero-order valence-electron chi connectivity index (χ0n) is 18.7.